The van der Waals surface area contributed by atoms with Crippen molar-refractivity contribution in [2.45, 2.75) is 6.92 Å². The number of hydrogen-bond donors (Lipinski definition) is 2. The van der Waals surface area contributed by atoms with E-state index in [-0.39, 0.29) is 5.69 Å². The van der Waals surface area contributed by atoms with E-state index in [4.69, 9.17) is 0 Å². The summed E-state index contributed by atoms with van der Waals surface area (Å²) in [5.74, 6) is -0.421. The van der Waals surface area contributed by atoms with Gasteiger partial charge in [-0.1, -0.05) is 0 Å². The highest BCUT2D eigenvalue weighted by Crippen LogP contribution is 1.86. The summed E-state index contributed by atoms with van der Waals surface area (Å²) in [6.07, 6.45) is 0. The number of aromatic nitrogens is 2. The average Bonchev–Trinajstić information content (AvgIpc) is 2.36. The molecule has 0 saturated carbocycles. The van der Waals surface area contributed by atoms with Crippen molar-refractivity contribution in [1.29, 1.82) is 0 Å². The highest BCUT2D eigenvalue weighted by molar-refractivity contribution is 6.99. The summed E-state index contributed by atoms with van der Waals surface area (Å²) in [5, 5.41) is 2.47. The standard InChI is InChI=1S/C5H7N3O2S/c1-2-6-4(9)3-5(10)8-11-7-3/h2H2,1H3,(H,6,9)(H,8,10). The second-order valence-corrected chi connectivity index (χ2v) is 2.39. The number of H-pyrrole nitrogens is 1. The summed E-state index contributed by atoms with van der Waals surface area (Å²) >= 11 is 0.872. The van der Waals surface area contributed by atoms with Gasteiger partial charge in [0.2, 0.25) is 5.69 Å². The predicted octanol–water partition coefficient (Wildman–Crippen LogP) is -0.419. The molecule has 0 aliphatic carbocycles. The van der Waals surface area contributed by atoms with E-state index in [0.29, 0.717) is 6.54 Å². The molecule has 60 valence electrons. The lowest BCUT2D eigenvalue weighted by molar-refractivity contribution is 0.0950. The van der Waals surface area contributed by atoms with Crippen LogP contribution in [0.5, 0.6) is 0 Å². The molecule has 1 aromatic heterocycles. The van der Waals surface area contributed by atoms with Gasteiger partial charge < -0.3 is 5.32 Å². The first kappa shape index (κ1) is 7.93. The molecule has 6 heteroatoms. The van der Waals surface area contributed by atoms with Gasteiger partial charge in [0, 0.05) is 18.3 Å². The Labute approximate surface area is 66.8 Å². The van der Waals surface area contributed by atoms with Crippen LogP contribution >= 0.6 is 11.7 Å². The molecule has 0 fully saturated rings. The normalized spacial score (nSPS) is 9.55. The molecule has 1 amide bonds. The molecule has 0 unspecified atom stereocenters. The first-order chi connectivity index (χ1) is 5.25. The third-order valence-electron chi connectivity index (χ3n) is 1.04. The van der Waals surface area contributed by atoms with E-state index < -0.39 is 11.5 Å². The Hall–Kier alpha value is -1.17. The van der Waals surface area contributed by atoms with Crippen LogP contribution in [0, 0.1) is 0 Å². The van der Waals surface area contributed by atoms with Crippen molar-refractivity contribution in [3.05, 3.63) is 16.0 Å². The van der Waals surface area contributed by atoms with E-state index >= 15 is 0 Å². The molecule has 5 nitrogen and oxygen atoms in total. The van der Waals surface area contributed by atoms with Crippen LogP contribution in [0.15, 0.2) is 4.79 Å². The van der Waals surface area contributed by atoms with Crippen LogP contribution in [0.4, 0.5) is 0 Å². The van der Waals surface area contributed by atoms with Crippen LogP contribution in [0.2, 0.25) is 0 Å². The molecule has 0 saturated heterocycles. The average molecular weight is 173 g/mol. The lowest BCUT2D eigenvalue weighted by atomic mass is 10.4. The van der Waals surface area contributed by atoms with E-state index in [0.717, 1.165) is 11.7 Å². The van der Waals surface area contributed by atoms with Crippen molar-refractivity contribution < 1.29 is 4.79 Å². The van der Waals surface area contributed by atoms with E-state index in [1.165, 1.54) is 0 Å². The molecular weight excluding hydrogens is 166 g/mol. The van der Waals surface area contributed by atoms with Crippen LogP contribution in [-0.2, 0) is 0 Å². The largest absolute Gasteiger partial charge is 0.351 e. The van der Waals surface area contributed by atoms with Gasteiger partial charge in [0.25, 0.3) is 11.5 Å². The number of rotatable bonds is 2. The van der Waals surface area contributed by atoms with Crippen LogP contribution in [0.3, 0.4) is 0 Å². The number of carbonyl (C=O) groups excluding carboxylic acids is 1. The van der Waals surface area contributed by atoms with Gasteiger partial charge in [0.1, 0.15) is 0 Å². The summed E-state index contributed by atoms with van der Waals surface area (Å²) < 4.78 is 5.92. The van der Waals surface area contributed by atoms with Crippen LogP contribution in [0.1, 0.15) is 17.4 Å². The minimum atomic E-state index is -0.430. The van der Waals surface area contributed by atoms with Gasteiger partial charge in [-0.05, 0) is 6.92 Å². The zero-order valence-corrected chi connectivity index (χ0v) is 6.70. The van der Waals surface area contributed by atoms with Crippen molar-refractivity contribution in [3.8, 4) is 0 Å². The SMILES string of the molecule is CCNC(=O)c1ns[nH]c1=O. The van der Waals surface area contributed by atoms with Crippen molar-refractivity contribution >= 4 is 17.6 Å². The molecule has 1 aromatic rings. The second-order valence-electron chi connectivity index (χ2n) is 1.82. The molecule has 0 aliphatic rings. The highest BCUT2D eigenvalue weighted by Gasteiger charge is 2.11. The monoisotopic (exact) mass is 173 g/mol. The number of carbonyl (C=O) groups is 1. The van der Waals surface area contributed by atoms with Gasteiger partial charge in [0.15, 0.2) is 0 Å². The third kappa shape index (κ3) is 1.64. The predicted molar refractivity (Wildman–Crippen MR) is 40.7 cm³/mol. The summed E-state index contributed by atoms with van der Waals surface area (Å²) in [6.45, 7) is 2.27. The number of amides is 1. The van der Waals surface area contributed by atoms with Gasteiger partial charge in [-0.15, -0.1) is 0 Å². The van der Waals surface area contributed by atoms with Crippen LogP contribution in [-0.4, -0.2) is 21.2 Å². The zero-order chi connectivity index (χ0) is 8.27. The summed E-state index contributed by atoms with van der Waals surface area (Å²) in [6, 6.07) is 0. The number of nitrogens with zero attached hydrogens (tertiary/aromatic N) is 1. The Bertz CT molecular complexity index is 303. The maximum atomic E-state index is 10.9. The number of hydrogen-bond acceptors (Lipinski definition) is 4. The topological polar surface area (TPSA) is 74.8 Å². The first-order valence-corrected chi connectivity index (χ1v) is 3.85. The molecule has 1 rings (SSSR count). The van der Waals surface area contributed by atoms with Crippen molar-refractivity contribution in [1.82, 2.24) is 14.1 Å². The third-order valence-corrected chi connectivity index (χ3v) is 1.59. The maximum absolute atomic E-state index is 10.9. The highest BCUT2D eigenvalue weighted by atomic mass is 32.1. The van der Waals surface area contributed by atoms with E-state index in [1.807, 2.05) is 0 Å². The minimum absolute atomic E-state index is 0.0585. The van der Waals surface area contributed by atoms with Gasteiger partial charge in [-0.2, -0.15) is 4.37 Å². The Morgan fingerprint density at radius 2 is 2.55 bits per heavy atom. The smallest absolute Gasteiger partial charge is 0.291 e. The van der Waals surface area contributed by atoms with Gasteiger partial charge >= 0.3 is 0 Å². The first-order valence-electron chi connectivity index (χ1n) is 3.08. The summed E-state index contributed by atoms with van der Waals surface area (Å²) in [4.78, 5) is 21.7. The Kier molecular flexibility index (Phi) is 2.37. The fourth-order valence-electron chi connectivity index (χ4n) is 0.589. The molecule has 11 heavy (non-hydrogen) atoms. The van der Waals surface area contributed by atoms with Gasteiger partial charge in [-0.25, -0.2) is 0 Å². The van der Waals surface area contributed by atoms with Crippen molar-refractivity contribution in [3.63, 3.8) is 0 Å². The molecule has 0 radical (unpaired) electrons. The number of aromatic amines is 1. The Balaban J connectivity index is 2.85. The molecule has 0 aromatic carbocycles. The molecule has 1 heterocycles. The van der Waals surface area contributed by atoms with Gasteiger partial charge in [0.05, 0.1) is 0 Å². The fraction of sp³-hybridized carbons (Fsp3) is 0.400. The molecule has 0 bridgehead atoms. The zero-order valence-electron chi connectivity index (χ0n) is 5.88. The summed E-state index contributed by atoms with van der Waals surface area (Å²) in [7, 11) is 0. The molecular formula is C5H7N3O2S. The maximum Gasteiger partial charge on any atom is 0.291 e. The van der Waals surface area contributed by atoms with E-state index in [2.05, 4.69) is 14.1 Å². The van der Waals surface area contributed by atoms with E-state index in [1.54, 1.807) is 6.92 Å². The number of nitrogens with one attached hydrogen (secondary N) is 2. The quantitative estimate of drug-likeness (QED) is 0.638. The Morgan fingerprint density at radius 1 is 1.82 bits per heavy atom. The van der Waals surface area contributed by atoms with Gasteiger partial charge in [-0.3, -0.25) is 14.0 Å². The van der Waals surface area contributed by atoms with Crippen LogP contribution < -0.4 is 10.9 Å². The summed E-state index contributed by atoms with van der Waals surface area (Å²) in [5.41, 5.74) is -0.488. The molecule has 0 atom stereocenters. The van der Waals surface area contributed by atoms with Crippen molar-refractivity contribution in [2.24, 2.45) is 0 Å². The van der Waals surface area contributed by atoms with Crippen molar-refractivity contribution in [2.75, 3.05) is 6.54 Å². The Morgan fingerprint density at radius 3 is 3.00 bits per heavy atom. The fourth-order valence-corrected chi connectivity index (χ4v) is 1.07. The minimum Gasteiger partial charge on any atom is -0.351 e. The lowest BCUT2D eigenvalue weighted by Gasteiger charge is -1.93. The second kappa shape index (κ2) is 3.29. The van der Waals surface area contributed by atoms with E-state index in [9.17, 15) is 9.59 Å². The van der Waals surface area contributed by atoms with Crippen LogP contribution in [0.25, 0.3) is 0 Å². The molecule has 0 spiro atoms. The molecule has 0 aliphatic heterocycles. The molecule has 2 N–H and O–H groups in total. The lowest BCUT2D eigenvalue weighted by Crippen LogP contribution is -2.27.